The van der Waals surface area contributed by atoms with Crippen LogP contribution < -0.4 is 5.32 Å². The van der Waals surface area contributed by atoms with Crippen molar-refractivity contribution in [1.29, 1.82) is 0 Å². The number of nitrogens with zero attached hydrogens (tertiary/aromatic N) is 2. The van der Waals surface area contributed by atoms with Gasteiger partial charge in [-0.15, -0.1) is 0 Å². The Kier molecular flexibility index (Phi) is 3.76. The van der Waals surface area contributed by atoms with Crippen LogP contribution in [0.4, 0.5) is 0 Å². The first-order valence-corrected chi connectivity index (χ1v) is 7.46. The number of carbonyl (C=O) groups excluding carboxylic acids is 1. The molecule has 1 aromatic carbocycles. The molecule has 0 spiro atoms. The lowest BCUT2D eigenvalue weighted by Gasteiger charge is -2.32. The lowest BCUT2D eigenvalue weighted by Crippen LogP contribution is -2.43. The molecule has 2 fully saturated rings. The summed E-state index contributed by atoms with van der Waals surface area (Å²) < 4.78 is 0. The number of rotatable bonds is 5. The summed E-state index contributed by atoms with van der Waals surface area (Å²) in [5.74, 6) is 0.204. The van der Waals surface area contributed by atoms with Crippen molar-refractivity contribution in [3.05, 3.63) is 35.9 Å². The molecular formula is C16H23N3O. The Bertz CT molecular complexity index is 472. The van der Waals surface area contributed by atoms with Crippen LogP contribution in [-0.2, 0) is 4.79 Å². The molecule has 0 aromatic heterocycles. The van der Waals surface area contributed by atoms with Crippen molar-refractivity contribution in [2.24, 2.45) is 0 Å². The number of amides is 1. The average Bonchev–Trinajstić information content (AvgIpc) is 3.25. The lowest BCUT2D eigenvalue weighted by atomic mass is 10.1. The summed E-state index contributed by atoms with van der Waals surface area (Å²) in [4.78, 5) is 16.5. The van der Waals surface area contributed by atoms with E-state index in [2.05, 4.69) is 36.3 Å². The standard InChI is InChI=1S/C16H23N3O/c1-12(18(2)14-8-9-14)11-19-15(20)10-17-16(19)13-6-4-3-5-7-13/h3-7,12,14,16-17H,8-11H2,1-2H3. The molecule has 4 nitrogen and oxygen atoms in total. The highest BCUT2D eigenvalue weighted by Gasteiger charge is 2.35. The van der Waals surface area contributed by atoms with Gasteiger partial charge in [-0.25, -0.2) is 0 Å². The Morgan fingerprint density at radius 1 is 1.35 bits per heavy atom. The third-order valence-corrected chi connectivity index (χ3v) is 4.47. The third-order valence-electron chi connectivity index (χ3n) is 4.47. The van der Waals surface area contributed by atoms with Gasteiger partial charge in [0, 0.05) is 18.6 Å². The number of likely N-dealkylation sites (N-methyl/N-ethyl adjacent to an activating group) is 1. The molecule has 2 aliphatic rings. The fourth-order valence-corrected chi connectivity index (χ4v) is 2.94. The molecule has 1 aromatic rings. The number of nitrogens with one attached hydrogen (secondary N) is 1. The van der Waals surface area contributed by atoms with Crippen LogP contribution in [0.3, 0.4) is 0 Å². The van der Waals surface area contributed by atoms with E-state index in [1.807, 2.05) is 23.1 Å². The van der Waals surface area contributed by atoms with Crippen LogP contribution in [0.15, 0.2) is 30.3 Å². The highest BCUT2D eigenvalue weighted by Crippen LogP contribution is 2.28. The van der Waals surface area contributed by atoms with Crippen molar-refractivity contribution < 1.29 is 4.79 Å². The number of benzene rings is 1. The molecule has 1 aliphatic heterocycles. The van der Waals surface area contributed by atoms with Crippen LogP contribution in [0.2, 0.25) is 0 Å². The molecule has 2 atom stereocenters. The Labute approximate surface area is 120 Å². The molecule has 1 heterocycles. The Morgan fingerprint density at radius 2 is 2.05 bits per heavy atom. The largest absolute Gasteiger partial charge is 0.320 e. The van der Waals surface area contributed by atoms with E-state index in [4.69, 9.17) is 0 Å². The minimum absolute atomic E-state index is 0.0266. The van der Waals surface area contributed by atoms with Crippen molar-refractivity contribution >= 4 is 5.91 Å². The fraction of sp³-hybridized carbons (Fsp3) is 0.562. The van der Waals surface area contributed by atoms with Gasteiger partial charge in [0.1, 0.15) is 6.17 Å². The molecule has 1 aliphatic carbocycles. The van der Waals surface area contributed by atoms with E-state index in [1.165, 1.54) is 18.4 Å². The predicted molar refractivity (Wildman–Crippen MR) is 79.1 cm³/mol. The van der Waals surface area contributed by atoms with Crippen LogP contribution in [0, 0.1) is 0 Å². The lowest BCUT2D eigenvalue weighted by molar-refractivity contribution is -0.128. The molecule has 4 heteroatoms. The minimum atomic E-state index is 0.0266. The molecule has 0 radical (unpaired) electrons. The van der Waals surface area contributed by atoms with Gasteiger partial charge in [0.15, 0.2) is 0 Å². The smallest absolute Gasteiger partial charge is 0.238 e. The maximum Gasteiger partial charge on any atom is 0.238 e. The molecule has 1 N–H and O–H groups in total. The summed E-state index contributed by atoms with van der Waals surface area (Å²) in [5.41, 5.74) is 1.17. The molecule has 2 unspecified atom stereocenters. The van der Waals surface area contributed by atoms with Gasteiger partial charge < -0.3 is 4.90 Å². The molecule has 108 valence electrons. The first-order valence-electron chi connectivity index (χ1n) is 7.46. The number of carbonyl (C=O) groups is 1. The first kappa shape index (κ1) is 13.6. The Hall–Kier alpha value is -1.39. The number of hydrogen-bond donors (Lipinski definition) is 1. The molecule has 20 heavy (non-hydrogen) atoms. The zero-order valence-corrected chi connectivity index (χ0v) is 12.2. The molecule has 0 bridgehead atoms. The van der Waals surface area contributed by atoms with E-state index in [0.29, 0.717) is 12.6 Å². The average molecular weight is 273 g/mol. The summed E-state index contributed by atoms with van der Waals surface area (Å²) in [6.07, 6.45) is 2.63. The predicted octanol–water partition coefficient (Wildman–Crippen LogP) is 1.60. The Morgan fingerprint density at radius 3 is 2.70 bits per heavy atom. The fourth-order valence-electron chi connectivity index (χ4n) is 2.94. The quantitative estimate of drug-likeness (QED) is 0.885. The summed E-state index contributed by atoms with van der Waals surface area (Å²) in [6.45, 7) is 3.45. The highest BCUT2D eigenvalue weighted by atomic mass is 16.2. The van der Waals surface area contributed by atoms with Crippen LogP contribution in [0.1, 0.15) is 31.5 Å². The summed E-state index contributed by atoms with van der Waals surface area (Å²) in [7, 11) is 2.17. The van der Waals surface area contributed by atoms with Crippen LogP contribution in [-0.4, -0.2) is 47.9 Å². The topological polar surface area (TPSA) is 35.6 Å². The van der Waals surface area contributed by atoms with Crippen LogP contribution in [0.25, 0.3) is 0 Å². The van der Waals surface area contributed by atoms with Crippen molar-refractivity contribution in [2.45, 2.75) is 38.0 Å². The van der Waals surface area contributed by atoms with Gasteiger partial charge in [-0.2, -0.15) is 0 Å². The number of hydrogen-bond acceptors (Lipinski definition) is 3. The molecule has 1 saturated carbocycles. The summed E-state index contributed by atoms with van der Waals surface area (Å²) >= 11 is 0. The zero-order chi connectivity index (χ0) is 14.1. The van der Waals surface area contributed by atoms with Gasteiger partial charge in [0.2, 0.25) is 5.91 Å². The molecule has 1 amide bonds. The monoisotopic (exact) mass is 273 g/mol. The SMILES string of the molecule is CC(CN1C(=O)CNC1c1ccccc1)N(C)C1CC1. The summed E-state index contributed by atoms with van der Waals surface area (Å²) in [6, 6.07) is 11.4. The van der Waals surface area contributed by atoms with Gasteiger partial charge in [-0.3, -0.25) is 15.0 Å². The van der Waals surface area contributed by atoms with E-state index in [0.717, 1.165) is 12.6 Å². The van der Waals surface area contributed by atoms with Crippen LogP contribution in [0.5, 0.6) is 0 Å². The molecule has 3 rings (SSSR count). The third kappa shape index (κ3) is 2.72. The zero-order valence-electron chi connectivity index (χ0n) is 12.2. The van der Waals surface area contributed by atoms with Gasteiger partial charge >= 0.3 is 0 Å². The van der Waals surface area contributed by atoms with E-state index >= 15 is 0 Å². The van der Waals surface area contributed by atoms with E-state index in [-0.39, 0.29) is 12.1 Å². The minimum Gasteiger partial charge on any atom is -0.320 e. The van der Waals surface area contributed by atoms with Crippen LogP contribution >= 0.6 is 0 Å². The van der Waals surface area contributed by atoms with Gasteiger partial charge in [-0.1, -0.05) is 30.3 Å². The second-order valence-corrected chi connectivity index (χ2v) is 5.99. The van der Waals surface area contributed by atoms with Crippen molar-refractivity contribution in [3.8, 4) is 0 Å². The Balaban J connectivity index is 1.70. The van der Waals surface area contributed by atoms with Crippen molar-refractivity contribution in [2.75, 3.05) is 20.1 Å². The van der Waals surface area contributed by atoms with Gasteiger partial charge in [-0.05, 0) is 32.4 Å². The van der Waals surface area contributed by atoms with Crippen molar-refractivity contribution in [3.63, 3.8) is 0 Å². The van der Waals surface area contributed by atoms with E-state index < -0.39 is 0 Å². The van der Waals surface area contributed by atoms with E-state index in [9.17, 15) is 4.79 Å². The van der Waals surface area contributed by atoms with Gasteiger partial charge in [0.25, 0.3) is 0 Å². The summed E-state index contributed by atoms with van der Waals surface area (Å²) in [5, 5.41) is 3.32. The van der Waals surface area contributed by atoms with Crippen molar-refractivity contribution in [1.82, 2.24) is 15.1 Å². The van der Waals surface area contributed by atoms with Gasteiger partial charge in [0.05, 0.1) is 6.54 Å². The van der Waals surface area contributed by atoms with E-state index in [1.54, 1.807) is 0 Å². The normalized spacial score (nSPS) is 24.4. The maximum absolute atomic E-state index is 12.1. The molecule has 1 saturated heterocycles. The highest BCUT2D eigenvalue weighted by molar-refractivity contribution is 5.81. The second kappa shape index (κ2) is 5.54. The maximum atomic E-state index is 12.1. The first-order chi connectivity index (χ1) is 9.66. The molecular weight excluding hydrogens is 250 g/mol. The second-order valence-electron chi connectivity index (χ2n) is 5.99.